The van der Waals surface area contributed by atoms with Gasteiger partial charge in [0.25, 0.3) is 0 Å². The van der Waals surface area contributed by atoms with Crippen molar-refractivity contribution >= 4 is 22.0 Å². The number of halogens is 3. The van der Waals surface area contributed by atoms with Crippen LogP contribution in [0.4, 0.5) is 13.2 Å². The fourth-order valence-corrected chi connectivity index (χ4v) is 2.82. The second-order valence-electron chi connectivity index (χ2n) is 5.35. The van der Waals surface area contributed by atoms with Crippen molar-refractivity contribution in [2.75, 3.05) is 26.3 Å². The van der Waals surface area contributed by atoms with Crippen LogP contribution < -0.4 is 4.18 Å². The third kappa shape index (κ3) is 4.22. The minimum Gasteiger partial charge on any atom is -0.394 e. The second-order valence-corrected chi connectivity index (χ2v) is 6.45. The van der Waals surface area contributed by atoms with Crippen LogP contribution in [0.2, 0.25) is 0 Å². The molecule has 1 fully saturated rings. The Morgan fingerprint density at radius 3 is 2.71 bits per heavy atom. The van der Waals surface area contributed by atoms with Gasteiger partial charge in [-0.3, -0.25) is 9.88 Å². The maximum Gasteiger partial charge on any atom is 0.508 e. The van der Waals surface area contributed by atoms with Gasteiger partial charge in [0.2, 0.25) is 0 Å². The van der Waals surface area contributed by atoms with Crippen LogP contribution in [-0.2, 0) is 22.4 Å². The first-order valence-electron chi connectivity index (χ1n) is 7.27. The van der Waals surface area contributed by atoms with E-state index in [1.54, 1.807) is 6.20 Å². The van der Waals surface area contributed by atoms with Gasteiger partial charge in [0.15, 0.2) is 0 Å². The molecule has 130 valence electrons. The quantitative estimate of drug-likeness (QED) is 0.839. The van der Waals surface area contributed by atoms with Gasteiger partial charge in [-0.25, -0.2) is 4.21 Å². The van der Waals surface area contributed by atoms with Crippen molar-refractivity contribution in [1.29, 1.82) is 0 Å². The molecule has 2 aromatic rings. The van der Waals surface area contributed by atoms with E-state index in [0.29, 0.717) is 30.7 Å². The molecule has 0 saturated carbocycles. The van der Waals surface area contributed by atoms with Crippen LogP contribution in [0.25, 0.3) is 10.9 Å². The first-order valence-corrected chi connectivity index (χ1v) is 8.35. The van der Waals surface area contributed by atoms with Crippen LogP contribution in [0.3, 0.4) is 0 Å². The molecule has 5 nitrogen and oxygen atoms in total. The highest BCUT2D eigenvalue weighted by Gasteiger charge is 2.40. The molecule has 0 N–H and O–H groups in total. The lowest BCUT2D eigenvalue weighted by Crippen LogP contribution is -2.35. The SMILES string of the molecule is O=S(Oc1ccc2ncc(CN3CCOCC3)cc2c1)C(F)(F)F. The molecule has 1 unspecified atom stereocenters. The number of ether oxygens (including phenoxy) is 1. The molecule has 1 aromatic heterocycles. The zero-order valence-electron chi connectivity index (χ0n) is 12.6. The number of hydrogen-bond donors (Lipinski definition) is 0. The van der Waals surface area contributed by atoms with Crippen molar-refractivity contribution in [3.05, 3.63) is 36.0 Å². The van der Waals surface area contributed by atoms with E-state index in [0.717, 1.165) is 18.7 Å². The number of benzene rings is 1. The largest absolute Gasteiger partial charge is 0.508 e. The number of hydrogen-bond acceptors (Lipinski definition) is 5. The molecule has 2 heterocycles. The number of alkyl halides is 3. The molecule has 0 aliphatic carbocycles. The van der Waals surface area contributed by atoms with Gasteiger partial charge in [-0.1, -0.05) is 0 Å². The number of morpholine rings is 1. The van der Waals surface area contributed by atoms with Gasteiger partial charge in [-0.15, -0.1) is 0 Å². The monoisotopic (exact) mass is 360 g/mol. The Morgan fingerprint density at radius 1 is 1.25 bits per heavy atom. The van der Waals surface area contributed by atoms with Crippen LogP contribution in [0.15, 0.2) is 30.5 Å². The van der Waals surface area contributed by atoms with Crippen molar-refractivity contribution in [2.24, 2.45) is 0 Å². The van der Waals surface area contributed by atoms with Gasteiger partial charge in [0.1, 0.15) is 5.75 Å². The highest BCUT2D eigenvalue weighted by molar-refractivity contribution is 7.81. The first-order chi connectivity index (χ1) is 11.4. The molecule has 1 aromatic carbocycles. The Kier molecular flexibility index (Phi) is 5.02. The Hall–Kier alpha value is -1.71. The van der Waals surface area contributed by atoms with Gasteiger partial charge in [0.05, 0.1) is 18.7 Å². The average Bonchev–Trinajstić information content (AvgIpc) is 2.54. The average molecular weight is 360 g/mol. The third-order valence-corrected chi connectivity index (χ3v) is 4.30. The van der Waals surface area contributed by atoms with Crippen LogP contribution in [0.1, 0.15) is 5.56 Å². The topological polar surface area (TPSA) is 51.7 Å². The predicted octanol–water partition coefficient (Wildman–Crippen LogP) is 2.63. The molecule has 0 spiro atoms. The molecule has 1 aliphatic heterocycles. The standard InChI is InChI=1S/C15H15F3N2O3S/c16-15(17,18)24(21)23-13-1-2-14-12(8-13)7-11(9-19-14)10-20-3-5-22-6-4-20/h1-2,7-9H,3-6,10H2. The minimum atomic E-state index is -4.91. The van der Waals surface area contributed by atoms with E-state index >= 15 is 0 Å². The van der Waals surface area contributed by atoms with E-state index in [4.69, 9.17) is 4.74 Å². The Bertz CT molecular complexity index is 748. The van der Waals surface area contributed by atoms with E-state index in [-0.39, 0.29) is 5.75 Å². The summed E-state index contributed by atoms with van der Waals surface area (Å²) in [6, 6.07) is 6.12. The lowest BCUT2D eigenvalue weighted by atomic mass is 10.1. The van der Waals surface area contributed by atoms with Crippen LogP contribution >= 0.6 is 0 Å². The zero-order chi connectivity index (χ0) is 17.2. The third-order valence-electron chi connectivity index (χ3n) is 3.58. The van der Waals surface area contributed by atoms with Crippen molar-refractivity contribution in [1.82, 2.24) is 9.88 Å². The summed E-state index contributed by atoms with van der Waals surface area (Å²) in [5.41, 5.74) is -3.34. The van der Waals surface area contributed by atoms with Gasteiger partial charge < -0.3 is 8.92 Å². The Morgan fingerprint density at radius 2 is 2.00 bits per heavy atom. The summed E-state index contributed by atoms with van der Waals surface area (Å²) in [7, 11) is 0. The molecule has 3 rings (SSSR count). The number of fused-ring (bicyclic) bond motifs is 1. The predicted molar refractivity (Wildman–Crippen MR) is 82.7 cm³/mol. The van der Waals surface area contributed by atoms with Crippen LogP contribution in [-0.4, -0.2) is 45.9 Å². The Balaban J connectivity index is 1.78. The van der Waals surface area contributed by atoms with Crippen molar-refractivity contribution < 1.29 is 26.3 Å². The summed E-state index contributed by atoms with van der Waals surface area (Å²) in [4.78, 5) is 6.52. The van der Waals surface area contributed by atoms with Crippen LogP contribution in [0.5, 0.6) is 5.75 Å². The molecule has 1 atom stereocenters. The van der Waals surface area contributed by atoms with Crippen LogP contribution in [0, 0.1) is 0 Å². The van der Waals surface area contributed by atoms with Crippen molar-refractivity contribution in [3.8, 4) is 5.75 Å². The normalized spacial score (nSPS) is 17.8. The molecular weight excluding hydrogens is 345 g/mol. The van der Waals surface area contributed by atoms with Gasteiger partial charge in [-0.2, -0.15) is 13.2 Å². The van der Waals surface area contributed by atoms with Gasteiger partial charge in [-0.05, 0) is 29.8 Å². The molecule has 1 aliphatic rings. The number of aromatic nitrogens is 1. The van der Waals surface area contributed by atoms with Gasteiger partial charge in [0, 0.05) is 31.2 Å². The minimum absolute atomic E-state index is 0.108. The smallest absolute Gasteiger partial charge is 0.394 e. The Labute approximate surface area is 139 Å². The van der Waals surface area contributed by atoms with E-state index in [9.17, 15) is 17.4 Å². The maximum absolute atomic E-state index is 12.3. The molecule has 0 radical (unpaired) electrons. The molecular formula is C15H15F3N2O3S. The summed E-state index contributed by atoms with van der Waals surface area (Å²) in [6.45, 7) is 3.70. The highest BCUT2D eigenvalue weighted by Crippen LogP contribution is 2.26. The number of rotatable bonds is 4. The first kappa shape index (κ1) is 17.1. The second kappa shape index (κ2) is 7.04. The lowest BCUT2D eigenvalue weighted by Gasteiger charge is -2.26. The summed E-state index contributed by atoms with van der Waals surface area (Å²) >= 11 is -3.38. The van der Waals surface area contributed by atoms with Crippen molar-refractivity contribution in [2.45, 2.75) is 12.1 Å². The van der Waals surface area contributed by atoms with E-state index in [1.165, 1.54) is 18.2 Å². The number of nitrogens with zero attached hydrogens (tertiary/aromatic N) is 2. The summed E-state index contributed by atoms with van der Waals surface area (Å²) in [5.74, 6) is -0.108. The molecule has 0 amide bonds. The molecule has 0 bridgehead atoms. The summed E-state index contributed by atoms with van der Waals surface area (Å²) in [5, 5.41) is 0.637. The summed E-state index contributed by atoms with van der Waals surface area (Å²) in [6.07, 6.45) is 1.74. The van der Waals surface area contributed by atoms with E-state index in [1.807, 2.05) is 6.07 Å². The fourth-order valence-electron chi connectivity index (χ4n) is 2.45. The summed E-state index contributed by atoms with van der Waals surface area (Å²) < 4.78 is 57.8. The van der Waals surface area contributed by atoms with E-state index in [2.05, 4.69) is 14.1 Å². The molecule has 1 saturated heterocycles. The highest BCUT2D eigenvalue weighted by atomic mass is 32.2. The zero-order valence-corrected chi connectivity index (χ0v) is 13.4. The lowest BCUT2D eigenvalue weighted by molar-refractivity contribution is -0.0437. The van der Waals surface area contributed by atoms with E-state index < -0.39 is 16.6 Å². The molecule has 24 heavy (non-hydrogen) atoms. The maximum atomic E-state index is 12.3. The number of pyridine rings is 1. The van der Waals surface area contributed by atoms with Crippen molar-refractivity contribution in [3.63, 3.8) is 0 Å². The van der Waals surface area contributed by atoms with Gasteiger partial charge >= 0.3 is 16.6 Å². The molecule has 9 heteroatoms. The fraction of sp³-hybridized carbons (Fsp3) is 0.400.